The number of carbonyl (C=O) groups excluding carboxylic acids is 1. The minimum absolute atomic E-state index is 0.0827. The van der Waals surface area contributed by atoms with Crippen molar-refractivity contribution >= 4 is 5.97 Å². The molecule has 0 spiro atoms. The van der Waals surface area contributed by atoms with Gasteiger partial charge < -0.3 is 19.9 Å². The van der Waals surface area contributed by atoms with Gasteiger partial charge in [0.1, 0.15) is 0 Å². The Morgan fingerprint density at radius 3 is 2.50 bits per heavy atom. The summed E-state index contributed by atoms with van der Waals surface area (Å²) in [6.07, 6.45) is 0.271. The second-order valence-corrected chi connectivity index (χ2v) is 4.02. The molecule has 112 valence electrons. The number of hydrogen-bond acceptors (Lipinski definition) is 5. The first-order valence-corrected chi connectivity index (χ1v) is 5.91. The topological polar surface area (TPSA) is 70.8 Å². The number of ether oxygens (including phenoxy) is 3. The fourth-order valence-corrected chi connectivity index (χ4v) is 1.75. The van der Waals surface area contributed by atoms with Gasteiger partial charge in [0.2, 0.25) is 0 Å². The van der Waals surface area contributed by atoms with Gasteiger partial charge in [0.05, 0.1) is 20.1 Å². The number of hydrogen-bond donors (Lipinski definition) is 1. The molecule has 0 aromatic heterocycles. The second kappa shape index (κ2) is 7.64. The zero-order valence-electron chi connectivity index (χ0n) is 11.3. The molecule has 1 aromatic carbocycles. The van der Waals surface area contributed by atoms with Gasteiger partial charge in [-0.05, 0) is 24.1 Å². The van der Waals surface area contributed by atoms with Crippen molar-refractivity contribution in [1.82, 2.24) is 0 Å². The standard InChI is InChI=1S/C13H17F2NO4/c1-18-10-4-3-8(6-11(10)20-13(14)15)5-9(7-16)12(17)19-2/h3-4,6,9,13H,5,7,16H2,1-2H3. The van der Waals surface area contributed by atoms with E-state index in [1.165, 1.54) is 26.4 Å². The minimum atomic E-state index is -2.95. The van der Waals surface area contributed by atoms with E-state index in [2.05, 4.69) is 9.47 Å². The van der Waals surface area contributed by atoms with Crippen LogP contribution < -0.4 is 15.2 Å². The van der Waals surface area contributed by atoms with E-state index < -0.39 is 18.5 Å². The molecular weight excluding hydrogens is 272 g/mol. The van der Waals surface area contributed by atoms with E-state index in [4.69, 9.17) is 10.5 Å². The lowest BCUT2D eigenvalue weighted by Gasteiger charge is -2.15. The zero-order chi connectivity index (χ0) is 15.1. The maximum absolute atomic E-state index is 12.3. The van der Waals surface area contributed by atoms with E-state index in [0.29, 0.717) is 5.56 Å². The number of carbonyl (C=O) groups is 1. The van der Waals surface area contributed by atoms with Crippen molar-refractivity contribution in [2.45, 2.75) is 13.0 Å². The van der Waals surface area contributed by atoms with Crippen molar-refractivity contribution in [3.63, 3.8) is 0 Å². The third kappa shape index (κ3) is 4.34. The van der Waals surface area contributed by atoms with Gasteiger partial charge in [0.25, 0.3) is 0 Å². The molecule has 2 N–H and O–H groups in total. The van der Waals surface area contributed by atoms with E-state index in [0.717, 1.165) is 0 Å². The Labute approximate surface area is 115 Å². The Morgan fingerprint density at radius 2 is 2.00 bits per heavy atom. The first-order valence-electron chi connectivity index (χ1n) is 5.91. The quantitative estimate of drug-likeness (QED) is 0.772. The maximum Gasteiger partial charge on any atom is 0.387 e. The largest absolute Gasteiger partial charge is 0.493 e. The average Bonchev–Trinajstić information content (AvgIpc) is 2.43. The molecule has 7 heteroatoms. The molecular formula is C13H17F2NO4. The number of benzene rings is 1. The van der Waals surface area contributed by atoms with Gasteiger partial charge in [0.15, 0.2) is 11.5 Å². The van der Waals surface area contributed by atoms with Crippen molar-refractivity contribution in [3.05, 3.63) is 23.8 Å². The van der Waals surface area contributed by atoms with Crippen molar-refractivity contribution in [3.8, 4) is 11.5 Å². The van der Waals surface area contributed by atoms with E-state index in [1.807, 2.05) is 0 Å². The maximum atomic E-state index is 12.3. The fourth-order valence-electron chi connectivity index (χ4n) is 1.75. The van der Waals surface area contributed by atoms with E-state index in [-0.39, 0.29) is 24.5 Å². The van der Waals surface area contributed by atoms with Crippen LogP contribution in [0.3, 0.4) is 0 Å². The van der Waals surface area contributed by atoms with Gasteiger partial charge in [0, 0.05) is 6.54 Å². The third-order valence-corrected chi connectivity index (χ3v) is 2.75. The molecule has 1 unspecified atom stereocenters. The van der Waals surface area contributed by atoms with Gasteiger partial charge in [-0.1, -0.05) is 6.07 Å². The molecule has 0 aliphatic carbocycles. The number of esters is 1. The summed E-state index contributed by atoms with van der Waals surface area (Å²) in [4.78, 5) is 11.5. The van der Waals surface area contributed by atoms with Crippen LogP contribution in [0.25, 0.3) is 0 Å². The van der Waals surface area contributed by atoms with Crippen LogP contribution in [0.2, 0.25) is 0 Å². The van der Waals surface area contributed by atoms with Crippen LogP contribution in [0.1, 0.15) is 5.56 Å². The molecule has 0 bridgehead atoms. The Hall–Kier alpha value is -1.89. The number of rotatable bonds is 7. The van der Waals surface area contributed by atoms with Crippen LogP contribution >= 0.6 is 0 Å². The summed E-state index contributed by atoms with van der Waals surface area (Å²) >= 11 is 0. The lowest BCUT2D eigenvalue weighted by molar-refractivity contribution is -0.145. The van der Waals surface area contributed by atoms with E-state index in [9.17, 15) is 13.6 Å². The Kier molecular flexibility index (Phi) is 6.17. The Morgan fingerprint density at radius 1 is 1.30 bits per heavy atom. The van der Waals surface area contributed by atoms with Crippen molar-refractivity contribution in [2.75, 3.05) is 20.8 Å². The highest BCUT2D eigenvalue weighted by atomic mass is 19.3. The lowest BCUT2D eigenvalue weighted by Crippen LogP contribution is -2.26. The molecule has 1 rings (SSSR count). The highest BCUT2D eigenvalue weighted by molar-refractivity contribution is 5.73. The molecule has 0 aliphatic rings. The number of alkyl halides is 2. The molecule has 1 atom stereocenters. The van der Waals surface area contributed by atoms with Gasteiger partial charge in [-0.25, -0.2) is 0 Å². The summed E-state index contributed by atoms with van der Waals surface area (Å²) in [5.41, 5.74) is 6.12. The highest BCUT2D eigenvalue weighted by Crippen LogP contribution is 2.30. The molecule has 5 nitrogen and oxygen atoms in total. The predicted octanol–water partition coefficient (Wildman–Crippen LogP) is 1.59. The summed E-state index contributed by atoms with van der Waals surface area (Å²) < 4.78 is 38.5. The molecule has 0 aliphatic heterocycles. The van der Waals surface area contributed by atoms with Crippen molar-refractivity contribution in [1.29, 1.82) is 0 Å². The van der Waals surface area contributed by atoms with Crippen molar-refractivity contribution < 1.29 is 27.8 Å². The van der Waals surface area contributed by atoms with Gasteiger partial charge in [-0.15, -0.1) is 0 Å². The van der Waals surface area contributed by atoms with Gasteiger partial charge in [-0.3, -0.25) is 4.79 Å². The van der Waals surface area contributed by atoms with E-state index in [1.54, 1.807) is 6.07 Å². The molecule has 0 heterocycles. The second-order valence-electron chi connectivity index (χ2n) is 4.02. The predicted molar refractivity (Wildman–Crippen MR) is 67.9 cm³/mol. The molecule has 20 heavy (non-hydrogen) atoms. The Balaban J connectivity index is 2.93. The first kappa shape index (κ1) is 16.2. The highest BCUT2D eigenvalue weighted by Gasteiger charge is 2.19. The fraction of sp³-hybridized carbons (Fsp3) is 0.462. The van der Waals surface area contributed by atoms with Gasteiger partial charge >= 0.3 is 12.6 Å². The van der Waals surface area contributed by atoms with Crippen molar-refractivity contribution in [2.24, 2.45) is 11.7 Å². The third-order valence-electron chi connectivity index (χ3n) is 2.75. The minimum Gasteiger partial charge on any atom is -0.493 e. The summed E-state index contributed by atoms with van der Waals surface area (Å²) in [7, 11) is 2.62. The SMILES string of the molecule is COC(=O)C(CN)Cc1ccc(OC)c(OC(F)F)c1. The molecule has 0 amide bonds. The molecule has 0 fully saturated rings. The van der Waals surface area contributed by atoms with Crippen LogP contribution in [-0.2, 0) is 16.0 Å². The monoisotopic (exact) mass is 289 g/mol. The van der Waals surface area contributed by atoms with Crippen LogP contribution in [0.15, 0.2) is 18.2 Å². The average molecular weight is 289 g/mol. The smallest absolute Gasteiger partial charge is 0.387 e. The van der Waals surface area contributed by atoms with Crippen LogP contribution in [-0.4, -0.2) is 33.3 Å². The summed E-state index contributed by atoms with van der Waals surface area (Å²) in [6, 6.07) is 4.55. The molecule has 0 saturated carbocycles. The van der Waals surface area contributed by atoms with Crippen LogP contribution in [0.5, 0.6) is 11.5 Å². The molecule has 1 aromatic rings. The summed E-state index contributed by atoms with van der Waals surface area (Å²) in [6.45, 7) is -2.85. The lowest BCUT2D eigenvalue weighted by atomic mass is 9.99. The first-order chi connectivity index (χ1) is 9.51. The summed E-state index contributed by atoms with van der Waals surface area (Å²) in [5.74, 6) is -0.871. The Bertz CT molecular complexity index is 454. The zero-order valence-corrected chi connectivity index (χ0v) is 11.3. The van der Waals surface area contributed by atoms with Crippen LogP contribution in [0, 0.1) is 5.92 Å². The number of nitrogens with two attached hydrogens (primary N) is 1. The normalized spacial score (nSPS) is 12.1. The van der Waals surface area contributed by atoms with E-state index >= 15 is 0 Å². The summed E-state index contributed by atoms with van der Waals surface area (Å²) in [5, 5.41) is 0. The van der Waals surface area contributed by atoms with Crippen LogP contribution in [0.4, 0.5) is 8.78 Å². The number of methoxy groups -OCH3 is 2. The molecule has 0 radical (unpaired) electrons. The van der Waals surface area contributed by atoms with Gasteiger partial charge in [-0.2, -0.15) is 8.78 Å². The molecule has 0 saturated heterocycles. The number of halogens is 2.